The molecule has 1 aliphatic rings. The summed E-state index contributed by atoms with van der Waals surface area (Å²) in [5.74, 6) is -1.06. The molecule has 0 saturated carbocycles. The van der Waals surface area contributed by atoms with E-state index in [1.54, 1.807) is 24.3 Å². The summed E-state index contributed by atoms with van der Waals surface area (Å²) >= 11 is 0. The van der Waals surface area contributed by atoms with Crippen molar-refractivity contribution in [3.63, 3.8) is 0 Å². The number of sulfonamides is 1. The second kappa shape index (κ2) is 9.39. The third-order valence-corrected chi connectivity index (χ3v) is 6.38. The molecule has 0 spiro atoms. The highest BCUT2D eigenvalue weighted by atomic mass is 32.2. The Morgan fingerprint density at radius 1 is 1.07 bits per heavy atom. The van der Waals surface area contributed by atoms with Crippen LogP contribution < -0.4 is 15.6 Å². The predicted molar refractivity (Wildman–Crippen MR) is 107 cm³/mol. The maximum Gasteiger partial charge on any atom is 0.276 e. The molecule has 2 N–H and O–H groups in total. The first-order chi connectivity index (χ1) is 14.4. The number of nitrogens with zero attached hydrogens (tertiary/aromatic N) is 2. The van der Waals surface area contributed by atoms with Gasteiger partial charge >= 0.3 is 0 Å². The van der Waals surface area contributed by atoms with E-state index in [2.05, 4.69) is 10.9 Å². The van der Waals surface area contributed by atoms with Crippen molar-refractivity contribution in [3.05, 3.63) is 59.7 Å². The average molecular weight is 428 g/mol. The Morgan fingerprint density at radius 3 is 2.53 bits per heavy atom. The monoisotopic (exact) mass is 428 g/mol. The van der Waals surface area contributed by atoms with Crippen LogP contribution in [-0.4, -0.2) is 44.2 Å². The minimum absolute atomic E-state index is 0.0276. The Morgan fingerprint density at radius 2 is 1.80 bits per heavy atom. The average Bonchev–Trinajstić information content (AvgIpc) is 3.32. The molecule has 1 heterocycles. The Labute approximate surface area is 174 Å². The molecule has 1 fully saturated rings. The van der Waals surface area contributed by atoms with Crippen molar-refractivity contribution >= 4 is 21.8 Å². The summed E-state index contributed by atoms with van der Waals surface area (Å²) in [5.41, 5.74) is 4.79. The van der Waals surface area contributed by atoms with Gasteiger partial charge in [0.2, 0.25) is 10.0 Å². The van der Waals surface area contributed by atoms with Crippen molar-refractivity contribution in [1.82, 2.24) is 15.2 Å². The van der Waals surface area contributed by atoms with E-state index in [0.29, 0.717) is 13.1 Å². The van der Waals surface area contributed by atoms with Crippen LogP contribution in [0.1, 0.15) is 28.8 Å². The SMILES string of the molecule is N#Cc1ccccc1OCC(=O)NNC(=O)c1cccc(S(=O)(=O)N2CCCC2)c1. The normalized spacial score (nSPS) is 14.0. The quantitative estimate of drug-likeness (QED) is 0.665. The van der Waals surface area contributed by atoms with Gasteiger partial charge in [0.1, 0.15) is 11.8 Å². The number of carbonyl (C=O) groups is 2. The van der Waals surface area contributed by atoms with Gasteiger partial charge in [0.05, 0.1) is 10.5 Å². The Kier molecular flexibility index (Phi) is 6.66. The van der Waals surface area contributed by atoms with Crippen LogP contribution in [0.4, 0.5) is 0 Å². The Balaban J connectivity index is 1.57. The summed E-state index contributed by atoms with van der Waals surface area (Å²) in [4.78, 5) is 24.2. The fourth-order valence-electron chi connectivity index (χ4n) is 2.94. The summed E-state index contributed by atoms with van der Waals surface area (Å²) in [6.07, 6.45) is 1.62. The molecule has 10 heteroatoms. The van der Waals surface area contributed by atoms with E-state index < -0.39 is 28.4 Å². The van der Waals surface area contributed by atoms with E-state index in [1.165, 1.54) is 28.6 Å². The van der Waals surface area contributed by atoms with Crippen LogP contribution in [0.3, 0.4) is 0 Å². The molecule has 0 bridgehead atoms. The van der Waals surface area contributed by atoms with Crippen molar-refractivity contribution in [3.8, 4) is 11.8 Å². The van der Waals surface area contributed by atoms with Crippen LogP contribution >= 0.6 is 0 Å². The first kappa shape index (κ1) is 21.3. The first-order valence-electron chi connectivity index (χ1n) is 9.23. The van der Waals surface area contributed by atoms with Gasteiger partial charge in [-0.15, -0.1) is 0 Å². The van der Waals surface area contributed by atoms with Crippen molar-refractivity contribution < 1.29 is 22.7 Å². The number of para-hydroxylation sites is 1. The Hall–Kier alpha value is -3.42. The molecule has 1 saturated heterocycles. The molecule has 2 aromatic rings. The lowest BCUT2D eigenvalue weighted by Crippen LogP contribution is -2.43. The second-order valence-electron chi connectivity index (χ2n) is 6.54. The van der Waals surface area contributed by atoms with Gasteiger partial charge in [0.15, 0.2) is 6.61 Å². The number of nitrogens with one attached hydrogen (secondary N) is 2. The van der Waals surface area contributed by atoms with Gasteiger partial charge in [0.25, 0.3) is 11.8 Å². The summed E-state index contributed by atoms with van der Waals surface area (Å²) in [5, 5.41) is 9.00. The number of hydrogen-bond donors (Lipinski definition) is 2. The number of carbonyl (C=O) groups excluding carboxylic acids is 2. The standard InChI is InChI=1S/C20H20N4O5S/c21-13-16-6-1-2-9-18(16)29-14-19(25)22-23-20(26)15-7-5-8-17(12-15)30(27,28)24-10-3-4-11-24/h1-2,5-9,12H,3-4,10-11,14H2,(H,22,25)(H,23,26). The third kappa shape index (κ3) is 4.94. The molecule has 1 aliphatic heterocycles. The van der Waals surface area contributed by atoms with Crippen LogP contribution in [0.5, 0.6) is 5.75 Å². The van der Waals surface area contributed by atoms with E-state index in [9.17, 15) is 18.0 Å². The molecule has 9 nitrogen and oxygen atoms in total. The highest BCUT2D eigenvalue weighted by molar-refractivity contribution is 7.89. The molecule has 2 amide bonds. The van der Waals surface area contributed by atoms with Gasteiger partial charge < -0.3 is 4.74 Å². The Bertz CT molecular complexity index is 1090. The number of benzene rings is 2. The molecule has 0 aromatic heterocycles. The molecule has 0 atom stereocenters. The van der Waals surface area contributed by atoms with Crippen LogP contribution in [0.2, 0.25) is 0 Å². The first-order valence-corrected chi connectivity index (χ1v) is 10.7. The van der Waals surface area contributed by atoms with Gasteiger partial charge in [-0.05, 0) is 43.2 Å². The summed E-state index contributed by atoms with van der Waals surface area (Å²) in [7, 11) is -3.65. The lowest BCUT2D eigenvalue weighted by atomic mass is 10.2. The predicted octanol–water partition coefficient (Wildman–Crippen LogP) is 1.18. The number of rotatable bonds is 6. The van der Waals surface area contributed by atoms with Gasteiger partial charge in [-0.1, -0.05) is 18.2 Å². The van der Waals surface area contributed by atoms with Crippen molar-refractivity contribution in [2.75, 3.05) is 19.7 Å². The zero-order chi connectivity index (χ0) is 21.6. The molecule has 0 radical (unpaired) electrons. The zero-order valence-electron chi connectivity index (χ0n) is 16.0. The van der Waals surface area contributed by atoms with E-state index in [4.69, 9.17) is 10.00 Å². The van der Waals surface area contributed by atoms with Crippen LogP contribution in [0, 0.1) is 11.3 Å². The van der Waals surface area contributed by atoms with E-state index in [0.717, 1.165) is 12.8 Å². The maximum absolute atomic E-state index is 12.6. The van der Waals surface area contributed by atoms with Crippen molar-refractivity contribution in [1.29, 1.82) is 5.26 Å². The molecule has 156 valence electrons. The molecule has 3 rings (SSSR count). The lowest BCUT2D eigenvalue weighted by molar-refractivity contribution is -0.123. The molecule has 0 unspecified atom stereocenters. The minimum Gasteiger partial charge on any atom is -0.482 e. The molecular formula is C20H20N4O5S. The number of ether oxygens (including phenoxy) is 1. The van der Waals surface area contributed by atoms with Gasteiger partial charge in [-0.2, -0.15) is 9.57 Å². The number of hydrogen-bond acceptors (Lipinski definition) is 6. The summed E-state index contributed by atoms with van der Waals surface area (Å²) in [6, 6.07) is 14.0. The summed E-state index contributed by atoms with van der Waals surface area (Å²) < 4.78 is 31.9. The topological polar surface area (TPSA) is 129 Å². The minimum atomic E-state index is -3.65. The molecular weight excluding hydrogens is 408 g/mol. The van der Waals surface area contributed by atoms with Crippen molar-refractivity contribution in [2.45, 2.75) is 17.7 Å². The zero-order valence-corrected chi connectivity index (χ0v) is 16.8. The van der Waals surface area contributed by atoms with E-state index >= 15 is 0 Å². The van der Waals surface area contributed by atoms with Crippen LogP contribution in [-0.2, 0) is 14.8 Å². The van der Waals surface area contributed by atoms with Crippen molar-refractivity contribution in [2.24, 2.45) is 0 Å². The van der Waals surface area contributed by atoms with Gasteiger partial charge in [-0.3, -0.25) is 20.4 Å². The fourth-order valence-corrected chi connectivity index (χ4v) is 4.50. The maximum atomic E-state index is 12.6. The van der Waals surface area contributed by atoms with Crippen LogP contribution in [0.25, 0.3) is 0 Å². The molecule has 2 aromatic carbocycles. The smallest absolute Gasteiger partial charge is 0.276 e. The highest BCUT2D eigenvalue weighted by Crippen LogP contribution is 2.21. The van der Waals surface area contributed by atoms with E-state index in [1.807, 2.05) is 6.07 Å². The van der Waals surface area contributed by atoms with Crippen LogP contribution in [0.15, 0.2) is 53.4 Å². The molecule has 0 aliphatic carbocycles. The van der Waals surface area contributed by atoms with Gasteiger partial charge in [0, 0.05) is 18.7 Å². The van der Waals surface area contributed by atoms with Gasteiger partial charge in [-0.25, -0.2) is 8.42 Å². The number of nitriles is 1. The summed E-state index contributed by atoms with van der Waals surface area (Å²) in [6.45, 7) is 0.510. The molecule has 30 heavy (non-hydrogen) atoms. The fraction of sp³-hybridized carbons (Fsp3) is 0.250. The lowest BCUT2D eigenvalue weighted by Gasteiger charge is -2.16. The number of amides is 2. The number of hydrazine groups is 1. The third-order valence-electron chi connectivity index (χ3n) is 4.48. The largest absolute Gasteiger partial charge is 0.482 e. The highest BCUT2D eigenvalue weighted by Gasteiger charge is 2.27. The van der Waals surface area contributed by atoms with E-state index in [-0.39, 0.29) is 21.8 Å². The second-order valence-corrected chi connectivity index (χ2v) is 8.48.